The lowest BCUT2D eigenvalue weighted by molar-refractivity contribution is 0.483. The molecule has 16 rings (SSSR count). The summed E-state index contributed by atoms with van der Waals surface area (Å²) >= 11 is 0. The SMILES string of the molecule is [2H]c1c(Oc2ccc3c4ccccc4n(-c4cc(C([2H])([2H])[2H])c(-c5cccc(C([2H])([2H])[2H])c5)cn4)c3c2)cc(N2CN(c3c(-c4cc(C(C)(C)C)cc(C(C)(C)C)c4)cccc3-c3ccc4c(c3)C3(c5ccccc5-4)c4ccccc4C(C)(C)c4ccccc43)c3ccccc32)c([2H])c1[2H]. The molecule has 0 saturated carbocycles. The van der Waals surface area contributed by atoms with Gasteiger partial charge in [-0.2, -0.15) is 0 Å². The molecule has 0 fully saturated rings. The fourth-order valence-electron chi connectivity index (χ4n) is 15.0. The van der Waals surface area contributed by atoms with E-state index in [1.165, 1.54) is 80.0 Å². The van der Waals surface area contributed by atoms with E-state index in [0.717, 1.165) is 55.6 Å². The third-order valence-corrected chi connectivity index (χ3v) is 19.5. The van der Waals surface area contributed by atoms with Crippen LogP contribution in [0.5, 0.6) is 11.5 Å². The summed E-state index contributed by atoms with van der Waals surface area (Å²) < 4.78 is 88.0. The van der Waals surface area contributed by atoms with E-state index in [1.54, 1.807) is 18.2 Å². The lowest BCUT2D eigenvalue weighted by Gasteiger charge is -2.46. The monoisotopic (exact) mass is 1190 g/mol. The second-order valence-corrected chi connectivity index (χ2v) is 27.3. The Labute approximate surface area is 548 Å². The van der Waals surface area contributed by atoms with Crippen LogP contribution in [-0.4, -0.2) is 16.2 Å². The van der Waals surface area contributed by atoms with Crippen molar-refractivity contribution in [1.29, 1.82) is 0 Å². The maximum atomic E-state index is 9.82. The number of hydrogen-bond acceptors (Lipinski definition) is 4. The van der Waals surface area contributed by atoms with Crippen LogP contribution in [0.2, 0.25) is 0 Å². The first-order chi connectivity index (χ1) is 47.6. The molecule has 0 N–H and O–H groups in total. The van der Waals surface area contributed by atoms with Crippen LogP contribution in [0, 0.1) is 13.7 Å². The quantitative estimate of drug-likeness (QED) is 0.152. The van der Waals surface area contributed by atoms with Gasteiger partial charge in [0.25, 0.3) is 0 Å². The van der Waals surface area contributed by atoms with E-state index >= 15 is 0 Å². The summed E-state index contributed by atoms with van der Waals surface area (Å²) in [5.41, 5.74) is 20.7. The predicted molar refractivity (Wildman–Crippen MR) is 380 cm³/mol. The van der Waals surface area contributed by atoms with Gasteiger partial charge < -0.3 is 14.5 Å². The summed E-state index contributed by atoms with van der Waals surface area (Å²) in [6.45, 7) is 13.6. The highest BCUT2D eigenvalue weighted by Gasteiger charge is 2.53. The molecule has 0 amide bonds. The van der Waals surface area contributed by atoms with Crippen LogP contribution in [0.25, 0.3) is 72.1 Å². The molecule has 13 aromatic rings. The van der Waals surface area contributed by atoms with Gasteiger partial charge in [0.2, 0.25) is 0 Å². The van der Waals surface area contributed by atoms with E-state index in [4.69, 9.17) is 17.9 Å². The van der Waals surface area contributed by atoms with E-state index in [-0.39, 0.29) is 63.5 Å². The summed E-state index contributed by atoms with van der Waals surface area (Å²) in [5.74, 6) is 0.715. The maximum Gasteiger partial charge on any atom is 0.137 e. The molecule has 2 aliphatic carbocycles. The second kappa shape index (κ2) is 20.7. The van der Waals surface area contributed by atoms with Gasteiger partial charge in [0.15, 0.2) is 0 Å². The zero-order chi connectivity index (χ0) is 69.9. The van der Waals surface area contributed by atoms with Gasteiger partial charge >= 0.3 is 0 Å². The van der Waals surface area contributed by atoms with E-state index in [0.29, 0.717) is 28.3 Å². The molecule has 91 heavy (non-hydrogen) atoms. The molecular formula is C86H74N4O. The number of aromatic nitrogens is 2. The average molecular weight is 1190 g/mol. The minimum absolute atomic E-state index is 0.001000. The molecular weight excluding hydrogens is 1100 g/mol. The Morgan fingerprint density at radius 2 is 1.08 bits per heavy atom. The lowest BCUT2D eigenvalue weighted by Crippen LogP contribution is -2.40. The van der Waals surface area contributed by atoms with Crippen molar-refractivity contribution in [2.75, 3.05) is 16.5 Å². The fourth-order valence-corrected chi connectivity index (χ4v) is 15.0. The molecule has 3 aliphatic rings. The first kappa shape index (κ1) is 46.8. The highest BCUT2D eigenvalue weighted by Crippen LogP contribution is 2.63. The van der Waals surface area contributed by atoms with Crippen molar-refractivity contribution in [3.05, 3.63) is 310 Å². The van der Waals surface area contributed by atoms with E-state index in [9.17, 15) is 4.11 Å². The lowest BCUT2D eigenvalue weighted by atomic mass is 9.55. The molecule has 0 radical (unpaired) electrons. The number of hydrogen-bond donors (Lipinski definition) is 0. The largest absolute Gasteiger partial charge is 0.457 e. The third-order valence-electron chi connectivity index (χ3n) is 19.5. The Kier molecular flexibility index (Phi) is 10.6. The highest BCUT2D eigenvalue weighted by atomic mass is 16.5. The van der Waals surface area contributed by atoms with Gasteiger partial charge in [0.05, 0.1) is 37.6 Å². The number of fused-ring (bicyclic) bond motifs is 13. The van der Waals surface area contributed by atoms with Gasteiger partial charge in [0, 0.05) is 65.1 Å². The molecule has 5 heteroatoms. The van der Waals surface area contributed by atoms with Crippen molar-refractivity contribution in [3.63, 3.8) is 0 Å². The van der Waals surface area contributed by atoms with Gasteiger partial charge in [0.1, 0.15) is 24.0 Å². The van der Waals surface area contributed by atoms with Gasteiger partial charge in [-0.25, -0.2) is 4.98 Å². The number of anilines is 4. The van der Waals surface area contributed by atoms with E-state index < -0.39 is 19.1 Å². The molecule has 1 aliphatic heterocycles. The van der Waals surface area contributed by atoms with Crippen molar-refractivity contribution in [1.82, 2.24) is 9.55 Å². The van der Waals surface area contributed by atoms with Crippen molar-refractivity contribution < 1.29 is 17.1 Å². The Morgan fingerprint density at radius 3 is 1.80 bits per heavy atom. The smallest absolute Gasteiger partial charge is 0.137 e. The first-order valence-electron chi connectivity index (χ1n) is 35.9. The van der Waals surface area contributed by atoms with Crippen LogP contribution in [0.15, 0.2) is 255 Å². The number of para-hydroxylation sites is 4. The third kappa shape index (κ3) is 8.83. The molecule has 0 bridgehead atoms. The fraction of sp³-hybridized carbons (Fsp3) is 0.174. The van der Waals surface area contributed by atoms with Crippen LogP contribution in [0.4, 0.5) is 22.7 Å². The minimum atomic E-state index is -2.61. The van der Waals surface area contributed by atoms with Crippen molar-refractivity contribution in [2.45, 2.75) is 90.8 Å². The predicted octanol–water partition coefficient (Wildman–Crippen LogP) is 22.4. The topological polar surface area (TPSA) is 33.5 Å². The summed E-state index contributed by atoms with van der Waals surface area (Å²) in [4.78, 5) is 9.33. The normalized spacial score (nSPS) is 16.1. The van der Waals surface area contributed by atoms with E-state index in [1.807, 2.05) is 53.1 Å². The van der Waals surface area contributed by atoms with Crippen molar-refractivity contribution >= 4 is 44.6 Å². The Morgan fingerprint density at radius 1 is 0.462 bits per heavy atom. The van der Waals surface area contributed by atoms with Gasteiger partial charge in [-0.05, 0) is 157 Å². The zero-order valence-electron chi connectivity index (χ0n) is 61.4. The van der Waals surface area contributed by atoms with Crippen LogP contribution in [0.1, 0.15) is 123 Å². The second-order valence-electron chi connectivity index (χ2n) is 27.3. The summed E-state index contributed by atoms with van der Waals surface area (Å²) in [6, 6.07) is 78.3. The Bertz CT molecular complexity index is 5470. The zero-order valence-corrected chi connectivity index (χ0v) is 52.4. The molecule has 1 spiro atoms. The molecule has 11 aromatic carbocycles. The number of aryl methyl sites for hydroxylation is 2. The number of benzene rings is 11. The van der Waals surface area contributed by atoms with Gasteiger partial charge in [-0.1, -0.05) is 243 Å². The number of ether oxygens (including phenoxy) is 1. The molecule has 444 valence electrons. The van der Waals surface area contributed by atoms with Crippen LogP contribution < -0.4 is 14.5 Å². The highest BCUT2D eigenvalue weighted by molar-refractivity contribution is 6.09. The van der Waals surface area contributed by atoms with Gasteiger partial charge in [-0.15, -0.1) is 0 Å². The number of nitrogens with zero attached hydrogens (tertiary/aromatic N) is 4. The number of pyridine rings is 1. The van der Waals surface area contributed by atoms with Crippen molar-refractivity contribution in [3.8, 4) is 61.8 Å². The Hall–Kier alpha value is -10.2. The summed E-state index contributed by atoms with van der Waals surface area (Å²) in [7, 11) is 0. The molecule has 0 atom stereocenters. The van der Waals surface area contributed by atoms with Crippen LogP contribution in [-0.2, 0) is 21.7 Å². The maximum absolute atomic E-state index is 9.82. The summed E-state index contributed by atoms with van der Waals surface area (Å²) in [6.07, 6.45) is 1.49. The van der Waals surface area contributed by atoms with Crippen molar-refractivity contribution in [2.24, 2.45) is 0 Å². The average Bonchev–Trinajstić information content (AvgIpc) is 1.45. The Balaban J connectivity index is 0.849. The number of rotatable bonds is 8. The molecule has 3 heterocycles. The van der Waals surface area contributed by atoms with E-state index in [2.05, 4.69) is 211 Å². The molecule has 0 saturated heterocycles. The standard InChI is InChI=1S/C86H74N4O/c1-54-24-21-25-56(44-54)70-52-87-81(45-55(70)2)90-77-37-18-12-29-68(77)69-43-41-63(51-80(69)90)91-62-27-22-26-61(50-62)88-53-89(79-39-20-19-38-78(79)88)82-64(30-23-31-65(82)58-46-59(83(3,4)5)49-60(47-58)84(6,7)8)57-40-42-67-66-28-11-13-32-71(66)86(76(67)48-57)74-35-16-14-33-72(74)85(9,10)73-34-15-17-36-75(73)86/h11-52H,53H2,1-10H3/i1D3,2D3,22D,26D,27D. The van der Waals surface area contributed by atoms with Crippen LogP contribution in [0.3, 0.4) is 0 Å². The molecule has 0 unspecified atom stereocenters. The molecule has 2 aromatic heterocycles. The van der Waals surface area contributed by atoms with Gasteiger partial charge in [-0.3, -0.25) is 4.57 Å². The first-order valence-corrected chi connectivity index (χ1v) is 31.4. The summed E-state index contributed by atoms with van der Waals surface area (Å²) in [5, 5.41) is 1.70. The minimum Gasteiger partial charge on any atom is -0.457 e. The van der Waals surface area contributed by atoms with Crippen LogP contribution >= 0.6 is 0 Å². The molecule has 5 nitrogen and oxygen atoms in total.